The third-order valence-electron chi connectivity index (χ3n) is 4.10. The number of rotatable bonds is 2. The smallest absolute Gasteiger partial charge is 0.354 e. The molecule has 0 saturated carbocycles. The van der Waals surface area contributed by atoms with Crippen LogP contribution in [0.5, 0.6) is 0 Å². The van der Waals surface area contributed by atoms with Crippen LogP contribution in [0, 0.1) is 11.8 Å². The number of hydrogen-bond donors (Lipinski definition) is 2. The van der Waals surface area contributed by atoms with Gasteiger partial charge >= 0.3 is 5.97 Å². The minimum absolute atomic E-state index is 0.0239. The van der Waals surface area contributed by atoms with Crippen LogP contribution >= 0.6 is 0 Å². The maximum atomic E-state index is 11.7. The number of anilines is 1. The highest BCUT2D eigenvalue weighted by Gasteiger charge is 2.68. The summed E-state index contributed by atoms with van der Waals surface area (Å²) < 4.78 is 10.2. The molecule has 0 spiro atoms. The molecule has 1 amide bonds. The number of pyridine rings is 1. The van der Waals surface area contributed by atoms with Crippen LogP contribution in [-0.2, 0) is 14.3 Å². The van der Waals surface area contributed by atoms with Gasteiger partial charge in [-0.15, -0.1) is 0 Å². The van der Waals surface area contributed by atoms with Gasteiger partial charge in [0, 0.05) is 11.1 Å². The minimum Gasteiger partial charge on any atom is -0.460 e. The van der Waals surface area contributed by atoms with Crippen molar-refractivity contribution in [3.63, 3.8) is 0 Å². The van der Waals surface area contributed by atoms with Gasteiger partial charge in [0.25, 0.3) is 11.5 Å². The van der Waals surface area contributed by atoms with Crippen molar-refractivity contribution in [1.29, 1.82) is 0 Å². The van der Waals surface area contributed by atoms with Gasteiger partial charge in [-0.1, -0.05) is 18.1 Å². The van der Waals surface area contributed by atoms with Crippen molar-refractivity contribution < 1.29 is 19.1 Å². The fourth-order valence-corrected chi connectivity index (χ4v) is 2.69. The van der Waals surface area contributed by atoms with E-state index in [1.54, 1.807) is 30.3 Å². The average Bonchev–Trinajstić information content (AvgIpc) is 3.25. The molecule has 2 aliphatic rings. The molecular formula is C18H13N3O4. The summed E-state index contributed by atoms with van der Waals surface area (Å²) in [6, 6.07) is 10.5. The van der Waals surface area contributed by atoms with Crippen molar-refractivity contribution in [2.45, 2.75) is 11.7 Å². The maximum Gasteiger partial charge on any atom is 0.354 e. The van der Waals surface area contributed by atoms with E-state index in [1.807, 2.05) is 6.07 Å². The number of amides is 1. The summed E-state index contributed by atoms with van der Waals surface area (Å²) in [6.45, 7) is 0.249. The molecule has 2 aromatic rings. The van der Waals surface area contributed by atoms with Crippen LogP contribution in [0.4, 0.5) is 5.69 Å². The summed E-state index contributed by atoms with van der Waals surface area (Å²) in [7, 11) is 0. The van der Waals surface area contributed by atoms with E-state index in [0.29, 0.717) is 11.3 Å². The molecule has 0 radical (unpaired) electrons. The number of ether oxygens (including phenoxy) is 2. The molecule has 0 aliphatic carbocycles. The molecule has 1 aromatic carbocycles. The Kier molecular flexibility index (Phi) is 3.23. The molecule has 4 rings (SSSR count). The molecule has 2 fully saturated rings. The van der Waals surface area contributed by atoms with Crippen LogP contribution in [0.2, 0.25) is 0 Å². The highest BCUT2D eigenvalue weighted by atomic mass is 16.7. The molecule has 1 unspecified atom stereocenters. The Morgan fingerprint density at radius 3 is 2.84 bits per heavy atom. The Labute approximate surface area is 142 Å². The van der Waals surface area contributed by atoms with Crippen molar-refractivity contribution in [2.75, 3.05) is 12.3 Å². The van der Waals surface area contributed by atoms with Crippen molar-refractivity contribution in [3.05, 3.63) is 47.7 Å². The van der Waals surface area contributed by atoms with Crippen LogP contribution in [0.3, 0.4) is 0 Å². The van der Waals surface area contributed by atoms with Gasteiger partial charge in [0.05, 0.1) is 11.4 Å². The molecular weight excluding hydrogens is 322 g/mol. The Hall–Kier alpha value is -3.37. The summed E-state index contributed by atoms with van der Waals surface area (Å²) in [5.74, 6) is 4.67. The van der Waals surface area contributed by atoms with E-state index in [2.05, 4.69) is 16.8 Å². The SMILES string of the molecule is NC(=O)c1nc(-c2cccc(C#C[C@@]34OC3COC4=O)c2)ccc1N. The summed E-state index contributed by atoms with van der Waals surface area (Å²) in [5, 5.41) is 0. The number of nitrogen functional groups attached to an aromatic ring is 1. The molecule has 7 nitrogen and oxygen atoms in total. The molecule has 2 saturated heterocycles. The highest BCUT2D eigenvalue weighted by molar-refractivity contribution is 5.96. The first kappa shape index (κ1) is 15.2. The van der Waals surface area contributed by atoms with Crippen LogP contribution in [0.15, 0.2) is 36.4 Å². The topological polar surface area (TPSA) is 121 Å². The Balaban J connectivity index is 1.66. The van der Waals surface area contributed by atoms with E-state index < -0.39 is 17.5 Å². The normalized spacial score (nSPS) is 23.2. The van der Waals surface area contributed by atoms with Crippen LogP contribution in [0.25, 0.3) is 11.3 Å². The third-order valence-corrected chi connectivity index (χ3v) is 4.10. The van der Waals surface area contributed by atoms with Crippen LogP contribution in [0.1, 0.15) is 16.1 Å². The minimum atomic E-state index is -1.10. The van der Waals surface area contributed by atoms with Crippen LogP contribution < -0.4 is 11.5 Å². The number of fused-ring (bicyclic) bond motifs is 1. The van der Waals surface area contributed by atoms with Gasteiger partial charge in [0.15, 0.2) is 5.69 Å². The zero-order valence-corrected chi connectivity index (χ0v) is 13.0. The monoisotopic (exact) mass is 335 g/mol. The lowest BCUT2D eigenvalue weighted by Gasteiger charge is -2.06. The number of primary amides is 1. The molecule has 4 N–H and O–H groups in total. The van der Waals surface area contributed by atoms with E-state index in [-0.39, 0.29) is 24.1 Å². The number of carbonyl (C=O) groups is 2. The fourth-order valence-electron chi connectivity index (χ4n) is 2.69. The lowest BCUT2D eigenvalue weighted by molar-refractivity contribution is -0.146. The standard InChI is InChI=1S/C18H13N3O4/c19-12-4-5-13(21-15(12)16(20)22)11-3-1-2-10(8-11)6-7-18-14(25-18)9-24-17(18)23/h1-5,8,14H,9,19H2,(H2,20,22)/t14?,18-/m1/s1. The second-order valence-corrected chi connectivity index (χ2v) is 5.77. The molecule has 124 valence electrons. The van der Waals surface area contributed by atoms with Crippen molar-refractivity contribution in [2.24, 2.45) is 5.73 Å². The van der Waals surface area contributed by atoms with Gasteiger partial charge in [-0.3, -0.25) is 4.79 Å². The van der Waals surface area contributed by atoms with Gasteiger partial charge in [-0.2, -0.15) is 0 Å². The molecule has 25 heavy (non-hydrogen) atoms. The summed E-state index contributed by atoms with van der Waals surface area (Å²) in [4.78, 5) is 27.3. The Bertz CT molecular complexity index is 976. The number of cyclic esters (lactones) is 1. The van der Waals surface area contributed by atoms with E-state index >= 15 is 0 Å². The number of nitrogens with two attached hydrogens (primary N) is 2. The number of epoxide rings is 1. The first-order valence-electron chi connectivity index (χ1n) is 7.54. The molecule has 7 heteroatoms. The first-order chi connectivity index (χ1) is 12.0. The number of aromatic nitrogens is 1. The van der Waals surface area contributed by atoms with Crippen molar-refractivity contribution in [3.8, 4) is 23.1 Å². The molecule has 1 aromatic heterocycles. The fraction of sp³-hybridized carbons (Fsp3) is 0.167. The lowest BCUT2D eigenvalue weighted by atomic mass is 10.0. The number of esters is 1. The summed E-state index contributed by atoms with van der Waals surface area (Å²) in [5.41, 5.74) is 12.1. The summed E-state index contributed by atoms with van der Waals surface area (Å²) in [6.07, 6.45) is -0.271. The van der Waals surface area contributed by atoms with Gasteiger partial charge in [-0.25, -0.2) is 9.78 Å². The zero-order chi connectivity index (χ0) is 17.6. The largest absolute Gasteiger partial charge is 0.460 e. The average molecular weight is 335 g/mol. The zero-order valence-electron chi connectivity index (χ0n) is 13.0. The lowest BCUT2D eigenvalue weighted by Crippen LogP contribution is -2.20. The second kappa shape index (κ2) is 5.33. The quantitative estimate of drug-likeness (QED) is 0.468. The number of carbonyl (C=O) groups excluding carboxylic acids is 2. The molecule has 2 aliphatic heterocycles. The van der Waals surface area contributed by atoms with Crippen molar-refractivity contribution in [1.82, 2.24) is 4.98 Å². The summed E-state index contributed by atoms with van der Waals surface area (Å²) >= 11 is 0. The van der Waals surface area contributed by atoms with Gasteiger partial charge in [0.1, 0.15) is 12.7 Å². The van der Waals surface area contributed by atoms with Crippen LogP contribution in [-0.4, -0.2) is 35.2 Å². The Morgan fingerprint density at radius 2 is 2.16 bits per heavy atom. The predicted octanol–water partition coefficient (Wildman–Crippen LogP) is 0.476. The van der Waals surface area contributed by atoms with E-state index in [9.17, 15) is 9.59 Å². The van der Waals surface area contributed by atoms with Gasteiger partial charge in [-0.05, 0) is 30.2 Å². The third kappa shape index (κ3) is 2.49. The van der Waals surface area contributed by atoms with Gasteiger partial charge in [0.2, 0.25) is 0 Å². The highest BCUT2D eigenvalue weighted by Crippen LogP contribution is 2.42. The van der Waals surface area contributed by atoms with E-state index in [4.69, 9.17) is 20.9 Å². The molecule has 0 bridgehead atoms. The maximum absolute atomic E-state index is 11.7. The first-order valence-corrected chi connectivity index (χ1v) is 7.54. The van der Waals surface area contributed by atoms with Crippen molar-refractivity contribution >= 4 is 17.6 Å². The molecule has 3 heterocycles. The number of hydrogen-bond acceptors (Lipinski definition) is 6. The van der Waals surface area contributed by atoms with E-state index in [1.165, 1.54) is 0 Å². The molecule has 2 atom stereocenters. The predicted molar refractivity (Wildman–Crippen MR) is 88.0 cm³/mol. The number of nitrogens with zero attached hydrogens (tertiary/aromatic N) is 1. The number of benzene rings is 1. The van der Waals surface area contributed by atoms with Gasteiger partial charge < -0.3 is 20.9 Å². The Morgan fingerprint density at radius 1 is 1.32 bits per heavy atom. The second-order valence-electron chi connectivity index (χ2n) is 5.77. The van der Waals surface area contributed by atoms with E-state index in [0.717, 1.165) is 5.56 Å².